The van der Waals surface area contributed by atoms with Gasteiger partial charge in [-0.25, -0.2) is 0 Å². The third-order valence-electron chi connectivity index (χ3n) is 19.1. The summed E-state index contributed by atoms with van der Waals surface area (Å²) in [5, 5.41) is 0. The van der Waals surface area contributed by atoms with Gasteiger partial charge in [0.25, 0.3) is 0 Å². The molecular formula is C101H88N2. The molecule has 13 rings (SSSR count). The van der Waals surface area contributed by atoms with Gasteiger partial charge in [-0.05, 0) is 198 Å². The Morgan fingerprint density at radius 1 is 0.262 bits per heavy atom. The van der Waals surface area contributed by atoms with E-state index < -0.39 is 0 Å². The van der Waals surface area contributed by atoms with Crippen molar-refractivity contribution in [3.05, 3.63) is 451 Å². The molecule has 2 heteroatoms. The molecule has 12 aromatic carbocycles. The lowest BCUT2D eigenvalue weighted by atomic mass is 9.82. The molecule has 1 aliphatic carbocycles. The Balaban J connectivity index is 0.615. The smallest absolute Gasteiger partial charge is 0.0462 e. The van der Waals surface area contributed by atoms with Crippen LogP contribution in [0.15, 0.2) is 345 Å². The minimum atomic E-state index is -0.139. The number of benzene rings is 12. The Kier molecular flexibility index (Phi) is 22.0. The van der Waals surface area contributed by atoms with Crippen molar-refractivity contribution in [2.75, 3.05) is 9.80 Å². The lowest BCUT2D eigenvalue weighted by Gasteiger charge is -2.31. The third kappa shape index (κ3) is 18.6. The fourth-order valence-electron chi connectivity index (χ4n) is 12.7. The minimum absolute atomic E-state index is 0.139. The normalized spacial score (nSPS) is 13.8. The van der Waals surface area contributed by atoms with Gasteiger partial charge >= 0.3 is 0 Å². The maximum atomic E-state index is 2.38. The number of aryl methyl sites for hydroxylation is 6. The highest BCUT2D eigenvalue weighted by Gasteiger charge is 2.23. The number of anilines is 5. The molecule has 0 fully saturated rings. The summed E-state index contributed by atoms with van der Waals surface area (Å²) in [6.07, 6.45) is 38.8. The number of allylic oxidation sites excluding steroid dienone is 8. The Morgan fingerprint density at radius 3 is 0.748 bits per heavy atom. The van der Waals surface area contributed by atoms with Crippen molar-refractivity contribution in [3.63, 3.8) is 0 Å². The maximum Gasteiger partial charge on any atom is 0.0462 e. The zero-order valence-corrected chi connectivity index (χ0v) is 60.1. The number of hydrogen-bond donors (Lipinski definition) is 0. The van der Waals surface area contributed by atoms with Crippen LogP contribution in [0.5, 0.6) is 0 Å². The van der Waals surface area contributed by atoms with Gasteiger partial charge in [-0.2, -0.15) is 0 Å². The Hall–Kier alpha value is -12.4. The number of rotatable bonds is 22. The molecule has 1 aliphatic rings. The van der Waals surface area contributed by atoms with Crippen molar-refractivity contribution in [1.29, 1.82) is 0 Å². The SMILES string of the molecule is Cc1ccc(C(=C/C=C/c2ccc(/C=C/c3ccc(N(C4=CCC(C)(/C=C/c5ccc(/C=C/c6ccc(N(c7ccc(C)cc7)c7ccc(/C=C/c8ccc(/C=C/C=C(c9ccc(C)cc9)c9ccc(C)cc9)cc8)cc7)cc6)cc5)C=C4)c4ccc(C)cc4)cc3)cc2)c2ccc(C)cc2)cc1. The number of nitrogens with zero attached hydrogens (tertiary/aromatic N) is 2. The molecule has 0 radical (unpaired) electrons. The van der Waals surface area contributed by atoms with Crippen molar-refractivity contribution >= 4 is 94.3 Å². The first kappa shape index (κ1) is 69.1. The molecule has 0 heterocycles. The Morgan fingerprint density at radius 2 is 0.485 bits per heavy atom. The first-order valence-corrected chi connectivity index (χ1v) is 35.8. The summed E-state index contributed by atoms with van der Waals surface area (Å²) < 4.78 is 0. The monoisotopic (exact) mass is 1330 g/mol. The van der Waals surface area contributed by atoms with Crippen LogP contribution >= 0.6 is 0 Å². The average Bonchev–Trinajstić information content (AvgIpc) is 0.805. The van der Waals surface area contributed by atoms with Crippen LogP contribution in [0.2, 0.25) is 0 Å². The van der Waals surface area contributed by atoms with Gasteiger partial charge in [0.2, 0.25) is 0 Å². The molecule has 103 heavy (non-hydrogen) atoms. The zero-order valence-electron chi connectivity index (χ0n) is 60.1. The van der Waals surface area contributed by atoms with Crippen LogP contribution in [0, 0.1) is 47.0 Å². The Labute approximate surface area is 611 Å². The molecule has 1 unspecified atom stereocenters. The molecule has 0 saturated heterocycles. The summed E-state index contributed by atoms with van der Waals surface area (Å²) in [6.45, 7) is 15.1. The molecule has 0 aliphatic heterocycles. The van der Waals surface area contributed by atoms with Crippen LogP contribution < -0.4 is 9.80 Å². The average molecular weight is 1330 g/mol. The van der Waals surface area contributed by atoms with Crippen molar-refractivity contribution < 1.29 is 0 Å². The van der Waals surface area contributed by atoms with Gasteiger partial charge in [0, 0.05) is 39.5 Å². The van der Waals surface area contributed by atoms with E-state index in [4.69, 9.17) is 0 Å². The molecule has 0 bridgehead atoms. The van der Waals surface area contributed by atoms with E-state index in [0.29, 0.717) is 0 Å². The molecule has 502 valence electrons. The minimum Gasteiger partial charge on any atom is -0.311 e. The van der Waals surface area contributed by atoms with E-state index in [2.05, 4.69) is 453 Å². The lowest BCUT2D eigenvalue weighted by molar-refractivity contribution is 0.555. The predicted molar refractivity (Wildman–Crippen MR) is 448 cm³/mol. The van der Waals surface area contributed by atoms with Crippen LogP contribution in [0.1, 0.15) is 119 Å². The van der Waals surface area contributed by atoms with Crippen molar-refractivity contribution in [1.82, 2.24) is 0 Å². The molecule has 0 aromatic heterocycles. The third-order valence-corrected chi connectivity index (χ3v) is 19.1. The first-order valence-electron chi connectivity index (χ1n) is 35.8. The van der Waals surface area contributed by atoms with Gasteiger partial charge in [-0.15, -0.1) is 0 Å². The quantitative estimate of drug-likeness (QED) is 0.0493. The summed E-state index contributed by atoms with van der Waals surface area (Å²) >= 11 is 0. The molecule has 1 atom stereocenters. The van der Waals surface area contributed by atoms with E-state index >= 15 is 0 Å². The van der Waals surface area contributed by atoms with E-state index in [9.17, 15) is 0 Å². The fourth-order valence-corrected chi connectivity index (χ4v) is 12.7. The van der Waals surface area contributed by atoms with Crippen LogP contribution in [0.3, 0.4) is 0 Å². The van der Waals surface area contributed by atoms with Gasteiger partial charge in [0.1, 0.15) is 0 Å². The van der Waals surface area contributed by atoms with Crippen LogP contribution in [-0.2, 0) is 0 Å². The van der Waals surface area contributed by atoms with E-state index in [1.54, 1.807) is 0 Å². The van der Waals surface area contributed by atoms with Gasteiger partial charge in [0.05, 0.1) is 0 Å². The van der Waals surface area contributed by atoms with Crippen LogP contribution in [0.4, 0.5) is 28.4 Å². The summed E-state index contributed by atoms with van der Waals surface area (Å²) in [7, 11) is 0. The van der Waals surface area contributed by atoms with Gasteiger partial charge < -0.3 is 9.80 Å². The second-order valence-electron chi connectivity index (χ2n) is 27.5. The maximum absolute atomic E-state index is 2.38. The summed E-state index contributed by atoms with van der Waals surface area (Å²) in [5.74, 6) is 0. The molecule has 0 spiro atoms. The molecule has 0 amide bonds. The second-order valence-corrected chi connectivity index (χ2v) is 27.5. The highest BCUT2D eigenvalue weighted by Crippen LogP contribution is 2.39. The van der Waals surface area contributed by atoms with Crippen molar-refractivity contribution in [2.24, 2.45) is 5.41 Å². The largest absolute Gasteiger partial charge is 0.311 e. The predicted octanol–water partition coefficient (Wildman–Crippen LogP) is 27.5. The Bertz CT molecular complexity index is 5050. The van der Waals surface area contributed by atoms with Crippen LogP contribution in [-0.4, -0.2) is 0 Å². The van der Waals surface area contributed by atoms with E-state index in [-0.39, 0.29) is 5.41 Å². The summed E-state index contributed by atoms with van der Waals surface area (Å²) in [5.41, 5.74) is 31.7. The lowest BCUT2D eigenvalue weighted by Crippen LogP contribution is -2.20. The van der Waals surface area contributed by atoms with Crippen molar-refractivity contribution in [2.45, 2.75) is 54.9 Å². The molecular weight excluding hydrogens is 1240 g/mol. The van der Waals surface area contributed by atoms with Crippen LogP contribution in [0.25, 0.3) is 65.8 Å². The molecule has 0 saturated carbocycles. The summed E-state index contributed by atoms with van der Waals surface area (Å²) in [4.78, 5) is 4.69. The molecule has 2 nitrogen and oxygen atoms in total. The van der Waals surface area contributed by atoms with E-state index in [1.807, 2.05) is 0 Å². The van der Waals surface area contributed by atoms with Gasteiger partial charge in [-0.3, -0.25) is 0 Å². The van der Waals surface area contributed by atoms with E-state index in [1.165, 1.54) is 72.3 Å². The first-order chi connectivity index (χ1) is 50.3. The molecule has 0 N–H and O–H groups in total. The van der Waals surface area contributed by atoms with Crippen molar-refractivity contribution in [3.8, 4) is 0 Å². The zero-order chi connectivity index (χ0) is 70.9. The standard InChI is InChI=1S/C101H88N2/c1-74-14-50-89(51-15-74)99(90-52-16-75(2)17-53-90)12-8-10-80-26-30-82(31-27-80)34-37-85-44-62-95(63-45-85)102(93-58-22-78(5)23-59-93)96-64-46-86(47-65-96)39-36-84-40-42-88(43-41-84)68-71-101(7)72-69-98(70-73-101)103(94-60-24-79(6)25-61-94)97-66-48-87(49-67-97)38-35-83-32-28-81(29-33-83)11-9-13-100(91-54-18-76(3)19-55-91)92-56-20-77(4)21-57-92/h8-72H,73H2,1-7H3/b10-8+,11-9+,37-34+,38-35+,39-36+,71-68+. The van der Waals surface area contributed by atoms with Gasteiger partial charge in [-0.1, -0.05) is 368 Å². The number of hydrogen-bond acceptors (Lipinski definition) is 2. The second kappa shape index (κ2) is 32.8. The van der Waals surface area contributed by atoms with E-state index in [0.717, 1.165) is 85.1 Å². The molecule has 12 aromatic rings. The highest BCUT2D eigenvalue weighted by atomic mass is 15.1. The van der Waals surface area contributed by atoms with Gasteiger partial charge in [0.15, 0.2) is 0 Å². The highest BCUT2D eigenvalue weighted by molar-refractivity contribution is 5.85. The summed E-state index contributed by atoms with van der Waals surface area (Å²) in [6, 6.07) is 106. The fraction of sp³-hybridized carbons (Fsp3) is 0.0891. The topological polar surface area (TPSA) is 6.48 Å².